The van der Waals surface area contributed by atoms with Crippen molar-refractivity contribution in [2.75, 3.05) is 20.2 Å². The van der Waals surface area contributed by atoms with E-state index in [-0.39, 0.29) is 12.5 Å². The van der Waals surface area contributed by atoms with E-state index in [2.05, 4.69) is 39.9 Å². The van der Waals surface area contributed by atoms with Crippen LogP contribution < -0.4 is 20.7 Å². The first kappa shape index (κ1) is 23.6. The number of hydrogen-bond donors (Lipinski definition) is 3. The van der Waals surface area contributed by atoms with Gasteiger partial charge in [0, 0.05) is 31.6 Å². The SMILES string of the molecule is CCC(CC)c1cc(CNC(=NC)NCCc2ccc(OCC(=O)NC3CC3)cc2)on1. The van der Waals surface area contributed by atoms with Gasteiger partial charge in [-0.05, 0) is 49.8 Å². The Bertz CT molecular complexity index is 870. The summed E-state index contributed by atoms with van der Waals surface area (Å²) < 4.78 is 11.0. The minimum absolute atomic E-state index is 0.0586. The number of guanidine groups is 1. The predicted octanol–water partition coefficient (Wildman–Crippen LogP) is 3.14. The minimum Gasteiger partial charge on any atom is -0.484 e. The molecule has 0 spiro atoms. The monoisotopic (exact) mass is 441 g/mol. The molecule has 3 rings (SSSR count). The molecule has 0 saturated heterocycles. The molecule has 1 amide bonds. The van der Waals surface area contributed by atoms with Crippen LogP contribution in [-0.4, -0.2) is 43.3 Å². The Morgan fingerprint density at radius 3 is 2.62 bits per heavy atom. The molecule has 0 radical (unpaired) electrons. The first-order chi connectivity index (χ1) is 15.6. The Morgan fingerprint density at radius 2 is 1.97 bits per heavy atom. The van der Waals surface area contributed by atoms with Crippen molar-refractivity contribution < 1.29 is 14.1 Å². The normalized spacial score (nSPS) is 13.8. The Labute approximate surface area is 190 Å². The van der Waals surface area contributed by atoms with Gasteiger partial charge in [0.2, 0.25) is 0 Å². The van der Waals surface area contributed by atoms with E-state index in [1.54, 1.807) is 7.05 Å². The number of nitrogens with zero attached hydrogens (tertiary/aromatic N) is 2. The van der Waals surface area contributed by atoms with E-state index in [0.29, 0.717) is 30.2 Å². The summed E-state index contributed by atoms with van der Waals surface area (Å²) in [6, 6.07) is 10.2. The van der Waals surface area contributed by atoms with Crippen molar-refractivity contribution in [3.63, 3.8) is 0 Å². The number of ether oxygens (including phenoxy) is 1. The molecule has 0 unspecified atom stereocenters. The lowest BCUT2D eigenvalue weighted by atomic mass is 9.99. The highest BCUT2D eigenvalue weighted by Crippen LogP contribution is 2.22. The fraction of sp³-hybridized carbons (Fsp3) is 0.542. The van der Waals surface area contributed by atoms with Crippen molar-refractivity contribution >= 4 is 11.9 Å². The number of benzene rings is 1. The highest BCUT2D eigenvalue weighted by molar-refractivity contribution is 5.79. The maximum atomic E-state index is 11.7. The molecule has 1 aliphatic rings. The highest BCUT2D eigenvalue weighted by atomic mass is 16.5. The summed E-state index contributed by atoms with van der Waals surface area (Å²) in [5.41, 5.74) is 2.19. The third-order valence-electron chi connectivity index (χ3n) is 5.58. The molecule has 1 heterocycles. The van der Waals surface area contributed by atoms with Crippen molar-refractivity contribution in [1.29, 1.82) is 0 Å². The molecule has 1 aromatic heterocycles. The standard InChI is InChI=1S/C24H35N5O3/c1-4-18(5-2)22-14-21(32-29-22)15-27-24(25-3)26-13-12-17-6-10-20(11-7-17)31-16-23(30)28-19-8-9-19/h6-7,10-11,14,18-19H,4-5,8-9,12-13,15-16H2,1-3H3,(H,28,30)(H2,25,26,27). The smallest absolute Gasteiger partial charge is 0.258 e. The first-order valence-electron chi connectivity index (χ1n) is 11.5. The van der Waals surface area contributed by atoms with Crippen molar-refractivity contribution in [1.82, 2.24) is 21.1 Å². The molecule has 1 fully saturated rings. The van der Waals surface area contributed by atoms with Crippen LogP contribution in [-0.2, 0) is 17.8 Å². The Hall–Kier alpha value is -3.03. The Kier molecular flexibility index (Phi) is 8.95. The number of carbonyl (C=O) groups excluding carboxylic acids is 1. The topological polar surface area (TPSA) is 101 Å². The van der Waals surface area contributed by atoms with Crippen LogP contribution in [0.4, 0.5) is 0 Å². The van der Waals surface area contributed by atoms with E-state index in [1.807, 2.05) is 30.3 Å². The molecule has 8 heteroatoms. The number of nitrogens with one attached hydrogen (secondary N) is 3. The molecule has 0 aliphatic heterocycles. The third-order valence-corrected chi connectivity index (χ3v) is 5.58. The van der Waals surface area contributed by atoms with Gasteiger partial charge in [-0.25, -0.2) is 0 Å². The summed E-state index contributed by atoms with van der Waals surface area (Å²) in [7, 11) is 1.75. The molecule has 1 saturated carbocycles. The number of aromatic nitrogens is 1. The first-order valence-corrected chi connectivity index (χ1v) is 11.5. The van der Waals surface area contributed by atoms with Crippen LogP contribution in [0.25, 0.3) is 0 Å². The third kappa shape index (κ3) is 7.59. The highest BCUT2D eigenvalue weighted by Gasteiger charge is 2.23. The summed E-state index contributed by atoms with van der Waals surface area (Å²) >= 11 is 0. The maximum absolute atomic E-state index is 11.7. The van der Waals surface area contributed by atoms with Crippen molar-refractivity contribution in [2.45, 2.75) is 64.5 Å². The second-order valence-corrected chi connectivity index (χ2v) is 8.11. The van der Waals surface area contributed by atoms with Crippen LogP contribution in [0.15, 0.2) is 39.8 Å². The van der Waals surface area contributed by atoms with Gasteiger partial charge in [0.15, 0.2) is 18.3 Å². The fourth-order valence-corrected chi connectivity index (χ4v) is 3.43. The molecule has 0 atom stereocenters. The van der Waals surface area contributed by atoms with Crippen LogP contribution in [0.1, 0.15) is 62.5 Å². The number of rotatable bonds is 12. The average Bonchev–Trinajstić information content (AvgIpc) is 3.50. The molecule has 2 aromatic rings. The zero-order chi connectivity index (χ0) is 22.8. The van der Waals surface area contributed by atoms with Gasteiger partial charge < -0.3 is 25.2 Å². The summed E-state index contributed by atoms with van der Waals surface area (Å²) in [4.78, 5) is 16.0. The van der Waals surface area contributed by atoms with Gasteiger partial charge in [-0.3, -0.25) is 9.79 Å². The van der Waals surface area contributed by atoms with Crippen LogP contribution in [0.3, 0.4) is 0 Å². The number of carbonyl (C=O) groups is 1. The molecule has 1 aromatic carbocycles. The minimum atomic E-state index is -0.0586. The second-order valence-electron chi connectivity index (χ2n) is 8.11. The van der Waals surface area contributed by atoms with E-state index in [1.165, 1.54) is 5.56 Å². The molecule has 8 nitrogen and oxygen atoms in total. The molecule has 32 heavy (non-hydrogen) atoms. The molecule has 1 aliphatic carbocycles. The molecule has 0 bridgehead atoms. The van der Waals surface area contributed by atoms with Gasteiger partial charge in [-0.1, -0.05) is 31.1 Å². The van der Waals surface area contributed by atoms with Crippen LogP contribution >= 0.6 is 0 Å². The Balaban J connectivity index is 1.35. The largest absolute Gasteiger partial charge is 0.484 e. The summed E-state index contributed by atoms with van der Waals surface area (Å²) in [5.74, 6) is 2.60. The maximum Gasteiger partial charge on any atom is 0.258 e. The van der Waals surface area contributed by atoms with Crippen molar-refractivity contribution in [2.24, 2.45) is 4.99 Å². The lowest BCUT2D eigenvalue weighted by Crippen LogP contribution is -2.37. The Morgan fingerprint density at radius 1 is 1.22 bits per heavy atom. The summed E-state index contributed by atoms with van der Waals surface area (Å²) in [5, 5.41) is 13.7. The van der Waals surface area contributed by atoms with Gasteiger partial charge in [0.1, 0.15) is 5.75 Å². The number of amides is 1. The molecular weight excluding hydrogens is 406 g/mol. The van der Waals surface area contributed by atoms with Crippen molar-refractivity contribution in [3.8, 4) is 5.75 Å². The average molecular weight is 442 g/mol. The molecular formula is C24H35N5O3. The van der Waals surface area contributed by atoms with E-state index >= 15 is 0 Å². The molecule has 174 valence electrons. The molecule has 3 N–H and O–H groups in total. The summed E-state index contributed by atoms with van der Waals surface area (Å²) in [6.45, 7) is 5.67. The van der Waals surface area contributed by atoms with E-state index < -0.39 is 0 Å². The van der Waals surface area contributed by atoms with Gasteiger partial charge >= 0.3 is 0 Å². The lowest BCUT2D eigenvalue weighted by Gasteiger charge is -2.11. The predicted molar refractivity (Wildman–Crippen MR) is 125 cm³/mol. The van der Waals surface area contributed by atoms with Crippen LogP contribution in [0.5, 0.6) is 5.75 Å². The van der Waals surface area contributed by atoms with E-state index in [9.17, 15) is 4.79 Å². The van der Waals surface area contributed by atoms with Gasteiger partial charge in [-0.2, -0.15) is 0 Å². The number of hydrogen-bond acceptors (Lipinski definition) is 5. The van der Waals surface area contributed by atoms with E-state index in [0.717, 1.165) is 50.1 Å². The van der Waals surface area contributed by atoms with Gasteiger partial charge in [0.25, 0.3) is 5.91 Å². The van der Waals surface area contributed by atoms with Crippen LogP contribution in [0, 0.1) is 0 Å². The zero-order valence-electron chi connectivity index (χ0n) is 19.3. The summed E-state index contributed by atoms with van der Waals surface area (Å²) in [6.07, 6.45) is 5.11. The zero-order valence-corrected chi connectivity index (χ0v) is 19.3. The van der Waals surface area contributed by atoms with Crippen LogP contribution in [0.2, 0.25) is 0 Å². The quantitative estimate of drug-likeness (QED) is 0.346. The number of aliphatic imine (C=N–C) groups is 1. The van der Waals surface area contributed by atoms with Crippen molar-refractivity contribution in [3.05, 3.63) is 47.3 Å². The van der Waals surface area contributed by atoms with Gasteiger partial charge in [-0.15, -0.1) is 0 Å². The fourth-order valence-electron chi connectivity index (χ4n) is 3.43. The van der Waals surface area contributed by atoms with E-state index in [4.69, 9.17) is 9.26 Å². The second kappa shape index (κ2) is 12.1. The van der Waals surface area contributed by atoms with Gasteiger partial charge in [0.05, 0.1) is 12.2 Å². The lowest BCUT2D eigenvalue weighted by molar-refractivity contribution is -0.123.